The van der Waals surface area contributed by atoms with Crippen molar-refractivity contribution in [3.8, 4) is 21.7 Å². The molecule has 0 bridgehead atoms. The Balaban J connectivity index is 1.80. The lowest BCUT2D eigenvalue weighted by atomic mass is 10.1. The number of thiazole rings is 1. The zero-order valence-corrected chi connectivity index (χ0v) is 17.9. The van der Waals surface area contributed by atoms with Crippen molar-refractivity contribution >= 4 is 26.9 Å². The number of pyridine rings is 1. The first-order valence-corrected chi connectivity index (χ1v) is 12.1. The van der Waals surface area contributed by atoms with Gasteiger partial charge >= 0.3 is 0 Å². The van der Waals surface area contributed by atoms with Crippen LogP contribution in [0, 0.1) is 0 Å². The van der Waals surface area contributed by atoms with Crippen LogP contribution in [0.3, 0.4) is 0 Å². The molecule has 146 valence electrons. The van der Waals surface area contributed by atoms with Crippen molar-refractivity contribution in [3.05, 3.63) is 84.0 Å². The maximum atomic E-state index is 13.1. The van der Waals surface area contributed by atoms with Gasteiger partial charge in [-0.3, -0.25) is 0 Å². The molecule has 2 aromatic heterocycles. The minimum atomic E-state index is -2.57. The lowest BCUT2D eigenvalue weighted by molar-refractivity contribution is 0.680. The molecule has 0 saturated carbocycles. The number of nitrogens with zero attached hydrogens (tertiary/aromatic N) is 3. The third-order valence-corrected chi connectivity index (χ3v) is 7.41. The van der Waals surface area contributed by atoms with Gasteiger partial charge in [0.1, 0.15) is 0 Å². The summed E-state index contributed by atoms with van der Waals surface area (Å²) in [6.45, 7) is 2.11. The van der Waals surface area contributed by atoms with E-state index in [1.807, 2.05) is 60.7 Å². The van der Waals surface area contributed by atoms with Crippen LogP contribution in [0.2, 0.25) is 0 Å². The van der Waals surface area contributed by atoms with Gasteiger partial charge in [-0.25, -0.2) is 14.2 Å². The van der Waals surface area contributed by atoms with Gasteiger partial charge in [0, 0.05) is 22.9 Å². The van der Waals surface area contributed by atoms with Crippen molar-refractivity contribution in [2.45, 2.75) is 18.2 Å². The van der Waals surface area contributed by atoms with E-state index in [-0.39, 0.29) is 0 Å². The molecule has 0 amide bonds. The number of rotatable bonds is 5. The van der Waals surface area contributed by atoms with Gasteiger partial charge in [0.25, 0.3) is 0 Å². The predicted molar refractivity (Wildman–Crippen MR) is 121 cm³/mol. The van der Waals surface area contributed by atoms with Crippen LogP contribution in [0.15, 0.2) is 88.3 Å². The third kappa shape index (κ3) is 4.28. The molecule has 2 aromatic carbocycles. The molecule has 6 heteroatoms. The van der Waals surface area contributed by atoms with Crippen molar-refractivity contribution in [2.24, 2.45) is 4.36 Å². The zero-order valence-electron chi connectivity index (χ0n) is 16.3. The summed E-state index contributed by atoms with van der Waals surface area (Å²) in [5, 5.41) is 1.08. The van der Waals surface area contributed by atoms with Crippen molar-refractivity contribution < 1.29 is 4.21 Å². The Morgan fingerprint density at radius 3 is 2.34 bits per heavy atom. The lowest BCUT2D eigenvalue weighted by Gasteiger charge is -2.06. The molecule has 29 heavy (non-hydrogen) atoms. The van der Waals surface area contributed by atoms with Crippen molar-refractivity contribution in [2.75, 3.05) is 6.26 Å². The third-order valence-electron chi connectivity index (χ3n) is 4.48. The highest BCUT2D eigenvalue weighted by Crippen LogP contribution is 2.38. The van der Waals surface area contributed by atoms with E-state index in [1.165, 1.54) is 0 Å². The maximum absolute atomic E-state index is 13.1. The van der Waals surface area contributed by atoms with Gasteiger partial charge in [-0.05, 0) is 36.2 Å². The van der Waals surface area contributed by atoms with Gasteiger partial charge in [0.2, 0.25) is 0 Å². The summed E-state index contributed by atoms with van der Waals surface area (Å²) in [5.74, 6) is 0.462. The van der Waals surface area contributed by atoms with Crippen molar-refractivity contribution in [1.82, 2.24) is 9.97 Å². The normalized spacial score (nSPS) is 13.0. The van der Waals surface area contributed by atoms with E-state index in [1.54, 1.807) is 23.8 Å². The minimum Gasteiger partial charge on any atom is -0.245 e. The maximum Gasteiger partial charge on any atom is 0.162 e. The van der Waals surface area contributed by atoms with Gasteiger partial charge in [0.15, 0.2) is 5.82 Å². The van der Waals surface area contributed by atoms with Crippen molar-refractivity contribution in [3.63, 3.8) is 0 Å². The fraction of sp³-hybridized carbons (Fsp3) is 0.130. The molecular weight excluding hydrogens is 398 g/mol. The highest BCUT2D eigenvalue weighted by atomic mass is 32.2. The van der Waals surface area contributed by atoms with E-state index in [2.05, 4.69) is 28.4 Å². The molecule has 0 spiro atoms. The Bertz CT molecular complexity index is 1240. The van der Waals surface area contributed by atoms with Crippen molar-refractivity contribution in [1.29, 1.82) is 0 Å². The van der Waals surface area contributed by atoms with E-state index in [0.29, 0.717) is 10.7 Å². The summed E-state index contributed by atoms with van der Waals surface area (Å²) in [6, 6.07) is 23.3. The quantitative estimate of drug-likeness (QED) is 0.386. The first kappa shape index (κ1) is 19.5. The molecule has 0 radical (unpaired) electrons. The molecule has 4 rings (SSSR count). The van der Waals surface area contributed by atoms with Crippen LogP contribution in [0.5, 0.6) is 0 Å². The van der Waals surface area contributed by atoms with Crippen LogP contribution in [0.4, 0.5) is 5.82 Å². The molecule has 0 aliphatic carbocycles. The molecule has 0 aliphatic rings. The number of benzene rings is 2. The molecule has 0 fully saturated rings. The molecule has 4 nitrogen and oxygen atoms in total. The summed E-state index contributed by atoms with van der Waals surface area (Å²) < 4.78 is 17.6. The van der Waals surface area contributed by atoms with Gasteiger partial charge in [0.05, 0.1) is 25.3 Å². The topological polar surface area (TPSA) is 55.2 Å². The molecular formula is C23H21N3OS2. The smallest absolute Gasteiger partial charge is 0.162 e. The second-order valence-corrected chi connectivity index (χ2v) is 9.96. The summed E-state index contributed by atoms with van der Waals surface area (Å²) in [6.07, 6.45) is 4.24. The first-order valence-electron chi connectivity index (χ1n) is 9.35. The average molecular weight is 420 g/mol. The molecule has 1 unspecified atom stereocenters. The second-order valence-electron chi connectivity index (χ2n) is 6.61. The van der Waals surface area contributed by atoms with Crippen LogP contribution < -0.4 is 0 Å². The number of aryl methyl sites for hydroxylation is 1. The summed E-state index contributed by atoms with van der Waals surface area (Å²) in [7, 11) is -2.57. The zero-order chi connectivity index (χ0) is 20.3. The van der Waals surface area contributed by atoms with E-state index in [0.717, 1.165) is 33.1 Å². The molecule has 1 atom stereocenters. The van der Waals surface area contributed by atoms with E-state index >= 15 is 0 Å². The Hall–Kier alpha value is -2.83. The standard InChI is InChI=1S/C23H21N3OS2/c1-3-21-25-22(17-10-6-4-7-11-17)23(28-21)18-14-15-24-20(16-18)26-29(2,27)19-12-8-5-9-13-19/h4-16H,3H2,1-2H3. The highest BCUT2D eigenvalue weighted by molar-refractivity contribution is 7.93. The second kappa shape index (κ2) is 8.27. The fourth-order valence-electron chi connectivity index (χ4n) is 3.02. The number of hydrogen-bond acceptors (Lipinski definition) is 5. The molecule has 0 N–H and O–H groups in total. The Kier molecular flexibility index (Phi) is 5.56. The highest BCUT2D eigenvalue weighted by Gasteiger charge is 2.15. The van der Waals surface area contributed by atoms with Gasteiger partial charge in [-0.15, -0.1) is 11.3 Å². The average Bonchev–Trinajstić information content (AvgIpc) is 3.20. The minimum absolute atomic E-state index is 0.462. The van der Waals surface area contributed by atoms with E-state index in [4.69, 9.17) is 4.98 Å². The molecule has 0 saturated heterocycles. The lowest BCUT2D eigenvalue weighted by Crippen LogP contribution is -1.96. The number of hydrogen-bond donors (Lipinski definition) is 0. The van der Waals surface area contributed by atoms with Gasteiger partial charge < -0.3 is 0 Å². The van der Waals surface area contributed by atoms with Crippen LogP contribution in [0.25, 0.3) is 21.7 Å². The molecule has 2 heterocycles. The van der Waals surface area contributed by atoms with Gasteiger partial charge in [-0.2, -0.15) is 4.36 Å². The summed E-state index contributed by atoms with van der Waals surface area (Å²) in [4.78, 5) is 11.0. The van der Waals surface area contributed by atoms with Crippen LogP contribution in [-0.2, 0) is 16.1 Å². The van der Waals surface area contributed by atoms with Crippen LogP contribution in [0.1, 0.15) is 11.9 Å². The summed E-state index contributed by atoms with van der Waals surface area (Å²) in [5.41, 5.74) is 3.03. The van der Waals surface area contributed by atoms with E-state index < -0.39 is 9.73 Å². The fourth-order valence-corrected chi connectivity index (χ4v) is 5.26. The van der Waals surface area contributed by atoms with E-state index in [9.17, 15) is 4.21 Å². The molecule has 0 aliphatic heterocycles. The van der Waals surface area contributed by atoms with Crippen LogP contribution in [-0.4, -0.2) is 20.4 Å². The Morgan fingerprint density at radius 2 is 1.66 bits per heavy atom. The monoisotopic (exact) mass is 419 g/mol. The molecule has 4 aromatic rings. The predicted octanol–water partition coefficient (Wildman–Crippen LogP) is 6.22. The largest absolute Gasteiger partial charge is 0.245 e. The summed E-state index contributed by atoms with van der Waals surface area (Å²) >= 11 is 1.68. The Morgan fingerprint density at radius 1 is 0.966 bits per heavy atom. The van der Waals surface area contributed by atoms with Crippen LogP contribution >= 0.6 is 11.3 Å². The van der Waals surface area contributed by atoms with Gasteiger partial charge in [-0.1, -0.05) is 55.5 Å². The number of aromatic nitrogens is 2. The Labute approximate surface area is 175 Å². The first-order chi connectivity index (χ1) is 14.1. The SMILES string of the molecule is CCc1nc(-c2ccccc2)c(-c2ccnc(N=S(C)(=O)c3ccccc3)c2)s1.